The van der Waals surface area contributed by atoms with E-state index in [0.717, 1.165) is 26.2 Å². The Morgan fingerprint density at radius 1 is 0.636 bits per heavy atom. The molecule has 0 saturated carbocycles. The Balaban J connectivity index is 1.50. The fraction of sp³-hybridized carbons (Fsp3) is 0.211. The molecule has 1 saturated heterocycles. The van der Waals surface area contributed by atoms with Crippen molar-refractivity contribution in [2.45, 2.75) is 0 Å². The molecular formula is C19H20N3+. The average Bonchev–Trinajstić information content (AvgIpc) is 2.62. The molecule has 1 N–H and O–H groups in total. The molecule has 1 aromatic heterocycles. The molecule has 3 aromatic rings. The Bertz CT molecular complexity index is 762. The summed E-state index contributed by atoms with van der Waals surface area (Å²) in [5.41, 5.74) is 2.52. The Kier molecular flexibility index (Phi) is 3.39. The van der Waals surface area contributed by atoms with Gasteiger partial charge in [-0.3, -0.25) is 4.90 Å². The maximum atomic E-state index is 3.56. The molecule has 1 fully saturated rings. The highest BCUT2D eigenvalue weighted by atomic mass is 15.3. The fourth-order valence-electron chi connectivity index (χ4n) is 3.13. The number of aromatic amines is 1. The first-order valence-electron chi connectivity index (χ1n) is 7.86. The van der Waals surface area contributed by atoms with Crippen molar-refractivity contribution in [1.29, 1.82) is 0 Å². The summed E-state index contributed by atoms with van der Waals surface area (Å²) >= 11 is 0. The van der Waals surface area contributed by atoms with Crippen LogP contribution in [0, 0.1) is 0 Å². The van der Waals surface area contributed by atoms with Gasteiger partial charge in [0.25, 0.3) is 5.82 Å². The zero-order valence-corrected chi connectivity index (χ0v) is 12.6. The molecule has 3 nitrogen and oxygen atoms in total. The molecule has 0 bridgehead atoms. The first kappa shape index (κ1) is 13.1. The van der Waals surface area contributed by atoms with Gasteiger partial charge in [0.2, 0.25) is 0 Å². The van der Waals surface area contributed by atoms with Crippen molar-refractivity contribution >= 4 is 22.4 Å². The van der Waals surface area contributed by atoms with Crippen LogP contribution >= 0.6 is 0 Å². The number of nitrogens with one attached hydrogen (secondary N) is 1. The molecule has 2 aromatic carbocycles. The van der Waals surface area contributed by atoms with Crippen LogP contribution < -0.4 is 14.8 Å². The number of H-pyrrole nitrogens is 1. The zero-order chi connectivity index (χ0) is 14.8. The van der Waals surface area contributed by atoms with Crippen LogP contribution in [0.5, 0.6) is 0 Å². The number of para-hydroxylation sites is 2. The predicted molar refractivity (Wildman–Crippen MR) is 91.4 cm³/mol. The van der Waals surface area contributed by atoms with E-state index in [1.54, 1.807) is 0 Å². The monoisotopic (exact) mass is 290 g/mol. The van der Waals surface area contributed by atoms with Gasteiger partial charge < -0.3 is 4.90 Å². The van der Waals surface area contributed by atoms with Crippen LogP contribution in [0.4, 0.5) is 11.5 Å². The lowest BCUT2D eigenvalue weighted by molar-refractivity contribution is -0.330. The number of hydrogen-bond donors (Lipinski definition) is 0. The third-order valence-corrected chi connectivity index (χ3v) is 4.39. The number of nitrogens with zero attached hydrogens (tertiary/aromatic N) is 2. The van der Waals surface area contributed by atoms with Gasteiger partial charge in [-0.15, -0.1) is 0 Å². The normalized spacial score (nSPS) is 15.3. The van der Waals surface area contributed by atoms with E-state index in [1.807, 2.05) is 0 Å². The molecule has 0 unspecified atom stereocenters. The predicted octanol–water partition coefficient (Wildman–Crippen LogP) is 2.98. The van der Waals surface area contributed by atoms with E-state index in [9.17, 15) is 0 Å². The molecular weight excluding hydrogens is 270 g/mol. The van der Waals surface area contributed by atoms with E-state index < -0.39 is 0 Å². The molecule has 3 heteroatoms. The SMILES string of the molecule is c1ccc(N2CCN(c3ccc4ccccc4[nH+]3)CC2)cc1. The van der Waals surface area contributed by atoms with Crippen LogP contribution in [0.3, 0.4) is 0 Å². The summed E-state index contributed by atoms with van der Waals surface area (Å²) in [7, 11) is 0. The number of piperazine rings is 1. The summed E-state index contributed by atoms with van der Waals surface area (Å²) in [6, 6.07) is 23.5. The maximum absolute atomic E-state index is 3.56. The van der Waals surface area contributed by atoms with E-state index in [-0.39, 0.29) is 0 Å². The second-order valence-electron chi connectivity index (χ2n) is 5.74. The van der Waals surface area contributed by atoms with Gasteiger partial charge in [-0.2, -0.15) is 0 Å². The van der Waals surface area contributed by atoms with Crippen LogP contribution in [0.2, 0.25) is 0 Å². The molecule has 0 aliphatic carbocycles. The summed E-state index contributed by atoms with van der Waals surface area (Å²) in [5.74, 6) is 1.21. The lowest BCUT2D eigenvalue weighted by Gasteiger charge is -2.32. The van der Waals surface area contributed by atoms with E-state index >= 15 is 0 Å². The average molecular weight is 290 g/mol. The van der Waals surface area contributed by atoms with E-state index in [4.69, 9.17) is 0 Å². The molecule has 110 valence electrons. The minimum atomic E-state index is 1.05. The second kappa shape index (κ2) is 5.68. The molecule has 2 heterocycles. The molecule has 0 amide bonds. The van der Waals surface area contributed by atoms with Crippen molar-refractivity contribution in [3.8, 4) is 0 Å². The van der Waals surface area contributed by atoms with Crippen LogP contribution in [0.1, 0.15) is 0 Å². The molecule has 0 atom stereocenters. The topological polar surface area (TPSA) is 20.6 Å². The van der Waals surface area contributed by atoms with Crippen molar-refractivity contribution < 1.29 is 4.98 Å². The van der Waals surface area contributed by atoms with Crippen LogP contribution in [-0.4, -0.2) is 26.2 Å². The first-order valence-corrected chi connectivity index (χ1v) is 7.86. The van der Waals surface area contributed by atoms with Crippen molar-refractivity contribution in [1.82, 2.24) is 0 Å². The number of fused-ring (bicyclic) bond motifs is 1. The third-order valence-electron chi connectivity index (χ3n) is 4.39. The van der Waals surface area contributed by atoms with Gasteiger partial charge in [-0.1, -0.05) is 36.4 Å². The molecule has 1 aliphatic heterocycles. The highest BCUT2D eigenvalue weighted by molar-refractivity contribution is 5.76. The van der Waals surface area contributed by atoms with E-state index in [0.29, 0.717) is 0 Å². The van der Waals surface area contributed by atoms with Crippen LogP contribution in [0.15, 0.2) is 66.7 Å². The maximum Gasteiger partial charge on any atom is 0.274 e. The number of aromatic nitrogens is 1. The fourth-order valence-corrected chi connectivity index (χ4v) is 3.13. The quantitative estimate of drug-likeness (QED) is 0.723. The summed E-state index contributed by atoms with van der Waals surface area (Å²) in [4.78, 5) is 8.45. The lowest BCUT2D eigenvalue weighted by atomic mass is 10.2. The van der Waals surface area contributed by atoms with Gasteiger partial charge in [-0.25, -0.2) is 4.98 Å². The highest BCUT2D eigenvalue weighted by Crippen LogP contribution is 2.19. The first-order chi connectivity index (χ1) is 10.9. The Labute approximate surface area is 130 Å². The third kappa shape index (κ3) is 2.50. The largest absolute Gasteiger partial charge is 0.364 e. The van der Waals surface area contributed by atoms with Gasteiger partial charge in [0.05, 0.1) is 13.1 Å². The van der Waals surface area contributed by atoms with Crippen LogP contribution in [-0.2, 0) is 0 Å². The van der Waals surface area contributed by atoms with Crippen LogP contribution in [0.25, 0.3) is 10.9 Å². The molecule has 0 radical (unpaired) electrons. The molecule has 4 rings (SSSR count). The Morgan fingerprint density at radius 3 is 2.14 bits per heavy atom. The molecule has 22 heavy (non-hydrogen) atoms. The Hall–Kier alpha value is -2.55. The summed E-state index contributed by atoms with van der Waals surface area (Å²) < 4.78 is 0. The summed E-state index contributed by atoms with van der Waals surface area (Å²) in [6.07, 6.45) is 0. The second-order valence-corrected chi connectivity index (χ2v) is 5.74. The zero-order valence-electron chi connectivity index (χ0n) is 12.6. The molecule has 0 spiro atoms. The van der Waals surface area contributed by atoms with Gasteiger partial charge in [0.15, 0.2) is 0 Å². The minimum absolute atomic E-state index is 1.05. The number of anilines is 2. The van der Waals surface area contributed by atoms with Gasteiger partial charge >= 0.3 is 0 Å². The van der Waals surface area contributed by atoms with E-state index in [2.05, 4.69) is 81.5 Å². The highest BCUT2D eigenvalue weighted by Gasteiger charge is 2.23. The number of hydrogen-bond acceptors (Lipinski definition) is 2. The molecule has 1 aliphatic rings. The van der Waals surface area contributed by atoms with Gasteiger partial charge in [-0.05, 0) is 24.3 Å². The van der Waals surface area contributed by atoms with E-state index in [1.165, 1.54) is 22.4 Å². The van der Waals surface area contributed by atoms with Gasteiger partial charge in [0, 0.05) is 17.1 Å². The van der Waals surface area contributed by atoms with Crippen molar-refractivity contribution in [3.63, 3.8) is 0 Å². The summed E-state index contributed by atoms with van der Waals surface area (Å²) in [6.45, 7) is 4.21. The smallest absolute Gasteiger partial charge is 0.274 e. The number of benzene rings is 2. The number of pyridine rings is 1. The van der Waals surface area contributed by atoms with Gasteiger partial charge in [0.1, 0.15) is 18.6 Å². The summed E-state index contributed by atoms with van der Waals surface area (Å²) in [5, 5.41) is 1.26. The number of rotatable bonds is 2. The van der Waals surface area contributed by atoms with Crippen molar-refractivity contribution in [2.24, 2.45) is 0 Å². The standard InChI is InChI=1S/C19H19N3/c1-2-7-17(8-3-1)21-12-14-22(15-13-21)19-11-10-16-6-4-5-9-18(16)20-19/h1-11H,12-15H2/p+1. The van der Waals surface area contributed by atoms with Crippen molar-refractivity contribution in [2.75, 3.05) is 36.0 Å². The van der Waals surface area contributed by atoms with Crippen molar-refractivity contribution in [3.05, 3.63) is 66.7 Å². The Morgan fingerprint density at radius 2 is 1.32 bits per heavy atom. The lowest BCUT2D eigenvalue weighted by Crippen LogP contribution is -2.48. The minimum Gasteiger partial charge on any atom is -0.364 e.